The minimum absolute atomic E-state index is 0.102. The zero-order valence-corrected chi connectivity index (χ0v) is 7.71. The first-order chi connectivity index (χ1) is 5.93. The van der Waals surface area contributed by atoms with Crippen molar-refractivity contribution in [2.75, 3.05) is 0 Å². The summed E-state index contributed by atoms with van der Waals surface area (Å²) < 4.78 is 36.7. The molecule has 0 amide bonds. The highest BCUT2D eigenvalue weighted by Crippen LogP contribution is 2.30. The van der Waals surface area contributed by atoms with Gasteiger partial charge in [0.15, 0.2) is 0 Å². The average molecular weight is 209 g/mol. The van der Waals surface area contributed by atoms with E-state index in [0.29, 0.717) is 11.1 Å². The van der Waals surface area contributed by atoms with Gasteiger partial charge in [0, 0.05) is 5.88 Å². The third kappa shape index (κ3) is 2.62. The predicted molar refractivity (Wildman–Crippen MR) is 45.7 cm³/mol. The molecule has 0 nitrogen and oxygen atoms in total. The van der Waals surface area contributed by atoms with E-state index in [2.05, 4.69) is 0 Å². The van der Waals surface area contributed by atoms with Crippen LogP contribution in [0.15, 0.2) is 18.2 Å². The van der Waals surface area contributed by atoms with Crippen LogP contribution in [-0.4, -0.2) is 0 Å². The Hall–Kier alpha value is -0.700. The molecular weight excluding hydrogens is 201 g/mol. The van der Waals surface area contributed by atoms with E-state index in [1.807, 2.05) is 0 Å². The molecule has 0 radical (unpaired) electrons. The van der Waals surface area contributed by atoms with Crippen molar-refractivity contribution in [3.63, 3.8) is 0 Å². The number of hydrogen-bond donors (Lipinski definition) is 0. The number of alkyl halides is 4. The summed E-state index contributed by atoms with van der Waals surface area (Å²) in [5.74, 6) is 0.102. The molecule has 0 spiro atoms. The maximum atomic E-state index is 12.2. The molecule has 72 valence electrons. The monoisotopic (exact) mass is 208 g/mol. The lowest BCUT2D eigenvalue weighted by Gasteiger charge is -2.08. The average Bonchev–Trinajstić information content (AvgIpc) is 2.01. The summed E-state index contributed by atoms with van der Waals surface area (Å²) in [5, 5.41) is 0. The smallest absolute Gasteiger partial charge is 0.166 e. The molecule has 1 aromatic rings. The van der Waals surface area contributed by atoms with E-state index in [1.165, 1.54) is 0 Å². The fourth-order valence-electron chi connectivity index (χ4n) is 1.10. The molecule has 0 aromatic heterocycles. The van der Waals surface area contributed by atoms with Crippen LogP contribution < -0.4 is 0 Å². The van der Waals surface area contributed by atoms with Gasteiger partial charge >= 0.3 is 6.18 Å². The van der Waals surface area contributed by atoms with E-state index >= 15 is 0 Å². The summed E-state index contributed by atoms with van der Waals surface area (Å²) in [7, 11) is 0. The van der Waals surface area contributed by atoms with Crippen LogP contribution in [0.1, 0.15) is 16.7 Å². The SMILES string of the molecule is Cc1cc(CCl)cc(C(F)(F)F)c1. The lowest BCUT2D eigenvalue weighted by atomic mass is 10.1. The fraction of sp³-hybridized carbons (Fsp3) is 0.333. The molecule has 0 fully saturated rings. The highest BCUT2D eigenvalue weighted by Gasteiger charge is 2.30. The third-order valence-corrected chi connectivity index (χ3v) is 1.93. The molecule has 0 saturated carbocycles. The van der Waals surface area contributed by atoms with Crippen molar-refractivity contribution in [1.82, 2.24) is 0 Å². The second kappa shape index (κ2) is 3.58. The lowest BCUT2D eigenvalue weighted by Crippen LogP contribution is -2.05. The molecule has 0 bridgehead atoms. The zero-order valence-electron chi connectivity index (χ0n) is 6.95. The van der Waals surface area contributed by atoms with Crippen LogP contribution in [0.25, 0.3) is 0 Å². The minimum Gasteiger partial charge on any atom is -0.166 e. The maximum Gasteiger partial charge on any atom is 0.416 e. The van der Waals surface area contributed by atoms with Crippen molar-refractivity contribution in [3.05, 3.63) is 34.9 Å². The molecule has 0 N–H and O–H groups in total. The van der Waals surface area contributed by atoms with Crippen LogP contribution in [0.4, 0.5) is 13.2 Å². The van der Waals surface area contributed by atoms with Gasteiger partial charge in [0.1, 0.15) is 0 Å². The third-order valence-electron chi connectivity index (χ3n) is 1.62. The molecule has 1 rings (SSSR count). The standard InChI is InChI=1S/C9H8ClF3/c1-6-2-7(5-10)4-8(3-6)9(11,12)13/h2-4H,5H2,1H3. The van der Waals surface area contributed by atoms with E-state index < -0.39 is 11.7 Å². The molecule has 0 aliphatic carbocycles. The van der Waals surface area contributed by atoms with Crippen LogP contribution in [0.5, 0.6) is 0 Å². The van der Waals surface area contributed by atoms with Gasteiger partial charge in [-0.3, -0.25) is 0 Å². The Balaban J connectivity index is 3.16. The van der Waals surface area contributed by atoms with Crippen molar-refractivity contribution in [2.45, 2.75) is 19.0 Å². The van der Waals surface area contributed by atoms with E-state index in [1.54, 1.807) is 13.0 Å². The molecule has 13 heavy (non-hydrogen) atoms. The summed E-state index contributed by atoms with van der Waals surface area (Å²) in [5.41, 5.74) is 0.433. The summed E-state index contributed by atoms with van der Waals surface area (Å²) in [4.78, 5) is 0. The Morgan fingerprint density at radius 3 is 2.31 bits per heavy atom. The summed E-state index contributed by atoms with van der Waals surface area (Å²) in [6, 6.07) is 3.82. The van der Waals surface area contributed by atoms with Gasteiger partial charge in [-0.05, 0) is 24.6 Å². The van der Waals surface area contributed by atoms with Gasteiger partial charge < -0.3 is 0 Å². The zero-order chi connectivity index (χ0) is 10.1. The minimum atomic E-state index is -4.28. The van der Waals surface area contributed by atoms with E-state index in [-0.39, 0.29) is 5.88 Å². The molecule has 0 saturated heterocycles. The molecule has 1 aromatic carbocycles. The highest BCUT2D eigenvalue weighted by molar-refractivity contribution is 6.17. The quantitative estimate of drug-likeness (QED) is 0.617. The first-order valence-electron chi connectivity index (χ1n) is 3.67. The Morgan fingerprint density at radius 2 is 1.85 bits per heavy atom. The summed E-state index contributed by atoms with van der Waals surface area (Å²) >= 11 is 5.45. The first-order valence-corrected chi connectivity index (χ1v) is 4.20. The van der Waals surface area contributed by atoms with Gasteiger partial charge in [0.2, 0.25) is 0 Å². The second-order valence-electron chi connectivity index (χ2n) is 2.84. The maximum absolute atomic E-state index is 12.2. The second-order valence-corrected chi connectivity index (χ2v) is 3.11. The molecule has 0 aliphatic rings. The van der Waals surface area contributed by atoms with Gasteiger partial charge in [-0.1, -0.05) is 11.6 Å². The van der Waals surface area contributed by atoms with Crippen LogP contribution in [0.3, 0.4) is 0 Å². The van der Waals surface area contributed by atoms with Crippen LogP contribution in [0.2, 0.25) is 0 Å². The van der Waals surface area contributed by atoms with Crippen LogP contribution in [-0.2, 0) is 12.1 Å². The van der Waals surface area contributed by atoms with E-state index in [4.69, 9.17) is 11.6 Å². The number of rotatable bonds is 1. The van der Waals surface area contributed by atoms with Crippen molar-refractivity contribution in [2.24, 2.45) is 0 Å². The van der Waals surface area contributed by atoms with Crippen LogP contribution in [0, 0.1) is 6.92 Å². The van der Waals surface area contributed by atoms with Gasteiger partial charge in [-0.25, -0.2) is 0 Å². The molecule has 0 aliphatic heterocycles. The Morgan fingerprint density at radius 1 is 1.23 bits per heavy atom. The topological polar surface area (TPSA) is 0 Å². The van der Waals surface area contributed by atoms with Crippen molar-refractivity contribution >= 4 is 11.6 Å². The van der Waals surface area contributed by atoms with E-state index in [9.17, 15) is 13.2 Å². The lowest BCUT2D eigenvalue weighted by molar-refractivity contribution is -0.137. The Labute approximate surface area is 79.3 Å². The molecule has 0 unspecified atom stereocenters. The Bertz CT molecular complexity index is 304. The normalized spacial score (nSPS) is 11.8. The molecular formula is C9H8ClF3. The number of hydrogen-bond acceptors (Lipinski definition) is 0. The van der Waals surface area contributed by atoms with Crippen molar-refractivity contribution in [3.8, 4) is 0 Å². The van der Waals surface area contributed by atoms with Crippen LogP contribution >= 0.6 is 11.6 Å². The number of benzene rings is 1. The Kier molecular flexibility index (Phi) is 2.86. The highest BCUT2D eigenvalue weighted by atomic mass is 35.5. The molecule has 4 heteroatoms. The summed E-state index contributed by atoms with van der Waals surface area (Å²) in [6.45, 7) is 1.62. The van der Waals surface area contributed by atoms with Gasteiger partial charge in [-0.2, -0.15) is 13.2 Å². The number of halogens is 4. The van der Waals surface area contributed by atoms with Crippen molar-refractivity contribution < 1.29 is 13.2 Å². The molecule has 0 atom stereocenters. The van der Waals surface area contributed by atoms with Gasteiger partial charge in [0.25, 0.3) is 0 Å². The van der Waals surface area contributed by atoms with Gasteiger partial charge in [-0.15, -0.1) is 11.6 Å². The summed E-state index contributed by atoms with van der Waals surface area (Å²) in [6.07, 6.45) is -4.28. The van der Waals surface area contributed by atoms with Crippen molar-refractivity contribution in [1.29, 1.82) is 0 Å². The van der Waals surface area contributed by atoms with Gasteiger partial charge in [0.05, 0.1) is 5.56 Å². The fourth-order valence-corrected chi connectivity index (χ4v) is 1.26. The predicted octanol–water partition coefficient (Wildman–Crippen LogP) is 3.75. The largest absolute Gasteiger partial charge is 0.416 e. The molecule has 0 heterocycles. The first kappa shape index (κ1) is 10.4. The number of aryl methyl sites for hydroxylation is 1. The van der Waals surface area contributed by atoms with E-state index in [0.717, 1.165) is 12.1 Å².